The first-order valence-electron chi connectivity index (χ1n) is 12.4. The Bertz CT molecular complexity index is 1390. The van der Waals surface area contributed by atoms with Crippen molar-refractivity contribution in [2.45, 2.75) is 25.5 Å². The minimum absolute atomic E-state index is 0.0249. The summed E-state index contributed by atoms with van der Waals surface area (Å²) in [5.41, 5.74) is 1.83. The largest absolute Gasteiger partial charge is 0.573 e. The second-order valence-electron chi connectivity index (χ2n) is 9.23. The van der Waals surface area contributed by atoms with Crippen LogP contribution in [0.15, 0.2) is 48.8 Å². The van der Waals surface area contributed by atoms with Gasteiger partial charge in [-0.15, -0.1) is 13.2 Å². The molecule has 1 saturated heterocycles. The molecule has 3 aromatic rings. The Labute approximate surface area is 236 Å². The zero-order valence-corrected chi connectivity index (χ0v) is 22.7. The van der Waals surface area contributed by atoms with E-state index in [2.05, 4.69) is 29.8 Å². The van der Waals surface area contributed by atoms with Crippen molar-refractivity contribution in [2.24, 2.45) is 0 Å². The van der Waals surface area contributed by atoms with E-state index in [-0.39, 0.29) is 23.6 Å². The number of imidazole rings is 1. The van der Waals surface area contributed by atoms with Gasteiger partial charge in [0.1, 0.15) is 24.4 Å². The first kappa shape index (κ1) is 31.0. The van der Waals surface area contributed by atoms with E-state index in [1.807, 2.05) is 18.3 Å². The van der Waals surface area contributed by atoms with Crippen molar-refractivity contribution in [3.8, 4) is 11.8 Å². The van der Waals surface area contributed by atoms with Crippen LogP contribution in [0.3, 0.4) is 0 Å². The van der Waals surface area contributed by atoms with Crippen LogP contribution in [0.5, 0.6) is 11.8 Å². The number of anilines is 2. The van der Waals surface area contributed by atoms with Crippen molar-refractivity contribution in [3.63, 3.8) is 0 Å². The number of benzene rings is 1. The maximum atomic E-state index is 12.4. The molecule has 1 atom stereocenters. The van der Waals surface area contributed by atoms with E-state index in [1.165, 1.54) is 18.3 Å². The molecule has 19 heteroatoms. The van der Waals surface area contributed by atoms with Crippen molar-refractivity contribution in [1.29, 1.82) is 0 Å². The first-order valence-corrected chi connectivity index (χ1v) is 14.0. The number of hydrogen-bond donors (Lipinski definition) is 4. The number of alkyl halides is 3. The summed E-state index contributed by atoms with van der Waals surface area (Å²) in [7, 11) is -4.64. The normalized spacial score (nSPS) is 17.0. The van der Waals surface area contributed by atoms with Gasteiger partial charge in [-0.2, -0.15) is 0 Å². The second-order valence-corrected chi connectivity index (χ2v) is 10.3. The van der Waals surface area contributed by atoms with Gasteiger partial charge in [0.15, 0.2) is 0 Å². The van der Waals surface area contributed by atoms with Gasteiger partial charge in [0.25, 0.3) is 0 Å². The molecule has 2 aromatic heterocycles. The van der Waals surface area contributed by atoms with Gasteiger partial charge in [-0.3, -0.25) is 4.57 Å². The zero-order chi connectivity index (χ0) is 30.5. The molecule has 42 heavy (non-hydrogen) atoms. The highest BCUT2D eigenvalue weighted by Crippen LogP contribution is 2.27. The van der Waals surface area contributed by atoms with Crippen LogP contribution in [0, 0.1) is 10.1 Å². The number of hydrogen-bond acceptors (Lipinski definition) is 10. The van der Waals surface area contributed by atoms with Crippen molar-refractivity contribution in [2.75, 3.05) is 42.6 Å². The highest BCUT2D eigenvalue weighted by atomic mass is 31.2. The number of fused-ring (bicyclic) bond motifs is 1. The molecule has 15 nitrogen and oxygen atoms in total. The topological polar surface area (TPSA) is 189 Å². The Morgan fingerprint density at radius 1 is 1.10 bits per heavy atom. The van der Waals surface area contributed by atoms with E-state index in [1.54, 1.807) is 16.7 Å². The van der Waals surface area contributed by atoms with E-state index < -0.39 is 19.1 Å². The van der Waals surface area contributed by atoms with Crippen LogP contribution in [0.2, 0.25) is 0 Å². The van der Waals surface area contributed by atoms with E-state index in [4.69, 9.17) is 24.0 Å². The molecule has 1 fully saturated rings. The van der Waals surface area contributed by atoms with Crippen LogP contribution in [0.25, 0.3) is 0 Å². The maximum Gasteiger partial charge on any atom is 0.573 e. The van der Waals surface area contributed by atoms with Crippen LogP contribution in [0.4, 0.5) is 30.5 Å². The molecule has 4 N–H and O–H groups in total. The number of halogens is 3. The van der Waals surface area contributed by atoms with Crippen molar-refractivity contribution >= 4 is 25.1 Å². The minimum Gasteiger partial charge on any atom is -0.444 e. The van der Waals surface area contributed by atoms with Gasteiger partial charge in [-0.25, -0.2) is 9.55 Å². The number of phosphoric acid groups is 1. The lowest BCUT2D eigenvalue weighted by Gasteiger charge is -2.36. The smallest absolute Gasteiger partial charge is 0.444 e. The highest BCUT2D eigenvalue weighted by molar-refractivity contribution is 7.45. The van der Waals surface area contributed by atoms with Crippen molar-refractivity contribution < 1.29 is 46.8 Å². The molecular weight excluding hydrogens is 590 g/mol. The molecule has 0 amide bonds. The standard InChI is InChI=1S/C23H24F3N7O4.H3O4P/c24-23(25,26)37-19-4-2-18(3-5-19)30-7-9-31(10-8-30)20-6-1-16(12-28-20)11-27-17-13-32-14-21(33(34)35)29-22(32)36-15-17;1-5(2,3)4/h1-6,12,14,17,27H,7-11,13,15H2;(H3,1,2,3,4)/t17-;/m0./s1. The molecule has 5 rings (SSSR count). The molecule has 0 radical (unpaired) electrons. The first-order chi connectivity index (χ1) is 19.7. The fraction of sp³-hybridized carbons (Fsp3) is 0.391. The summed E-state index contributed by atoms with van der Waals surface area (Å²) in [6.07, 6.45) is -1.52. The molecule has 228 valence electrons. The number of nitro groups is 1. The molecule has 2 aliphatic rings. The lowest BCUT2D eigenvalue weighted by atomic mass is 10.2. The van der Waals surface area contributed by atoms with Gasteiger partial charge in [-0.1, -0.05) is 6.07 Å². The summed E-state index contributed by atoms with van der Waals surface area (Å²) in [5, 5.41) is 14.3. The number of nitrogens with zero attached hydrogens (tertiary/aromatic N) is 6. The van der Waals surface area contributed by atoms with E-state index in [9.17, 15) is 23.3 Å². The molecular formula is C23H27F3N7O8P. The van der Waals surface area contributed by atoms with E-state index in [0.717, 1.165) is 30.2 Å². The van der Waals surface area contributed by atoms with Gasteiger partial charge >= 0.3 is 26.0 Å². The Hall–Kier alpha value is -3.96. The zero-order valence-electron chi connectivity index (χ0n) is 21.8. The quantitative estimate of drug-likeness (QED) is 0.171. The third kappa shape index (κ3) is 9.28. The molecule has 2 aliphatic heterocycles. The number of nitrogens with one attached hydrogen (secondary N) is 1. The van der Waals surface area contributed by atoms with Crippen molar-refractivity contribution in [1.82, 2.24) is 19.9 Å². The van der Waals surface area contributed by atoms with Gasteiger partial charge in [0, 0.05) is 56.1 Å². The summed E-state index contributed by atoms with van der Waals surface area (Å²) in [6, 6.07) is 10.1. The van der Waals surface area contributed by atoms with Gasteiger partial charge < -0.3 is 49.4 Å². The lowest BCUT2D eigenvalue weighted by Crippen LogP contribution is -2.46. The fourth-order valence-electron chi connectivity index (χ4n) is 4.33. The monoisotopic (exact) mass is 617 g/mol. The number of aromatic nitrogens is 3. The van der Waals surface area contributed by atoms with Crippen LogP contribution >= 0.6 is 7.82 Å². The van der Waals surface area contributed by atoms with Crippen LogP contribution in [-0.4, -0.2) is 79.3 Å². The Balaban J connectivity index is 0.000000748. The summed E-state index contributed by atoms with van der Waals surface area (Å²) < 4.78 is 57.0. The molecule has 0 bridgehead atoms. The summed E-state index contributed by atoms with van der Waals surface area (Å²) in [6.45, 7) is 4.32. The molecule has 4 heterocycles. The Morgan fingerprint density at radius 2 is 1.74 bits per heavy atom. The van der Waals surface area contributed by atoms with Crippen LogP contribution in [-0.2, 0) is 17.7 Å². The lowest BCUT2D eigenvalue weighted by molar-refractivity contribution is -0.389. The highest BCUT2D eigenvalue weighted by Gasteiger charge is 2.31. The SMILES string of the molecule is O=P(O)(O)O.O=[N+]([O-])c1cn2c(n1)OC[C@@H](NCc1ccc(N3CCN(c4ccc(OC(F)(F)F)cc4)CC3)nc1)C2. The molecule has 0 spiro atoms. The van der Waals surface area contributed by atoms with Crippen LogP contribution in [0.1, 0.15) is 5.56 Å². The van der Waals surface area contributed by atoms with Gasteiger partial charge in [0.05, 0.1) is 6.04 Å². The third-order valence-electron chi connectivity index (χ3n) is 6.19. The number of rotatable bonds is 7. The predicted molar refractivity (Wildman–Crippen MR) is 141 cm³/mol. The van der Waals surface area contributed by atoms with E-state index in [0.29, 0.717) is 32.8 Å². The third-order valence-corrected chi connectivity index (χ3v) is 6.19. The minimum atomic E-state index is -4.70. The average Bonchev–Trinajstić information content (AvgIpc) is 3.35. The summed E-state index contributed by atoms with van der Waals surface area (Å²) >= 11 is 0. The summed E-state index contributed by atoms with van der Waals surface area (Å²) in [5.74, 6) is 0.388. The number of piperazine rings is 1. The van der Waals surface area contributed by atoms with E-state index >= 15 is 0 Å². The van der Waals surface area contributed by atoms with Gasteiger partial charge in [0.2, 0.25) is 0 Å². The Morgan fingerprint density at radius 3 is 2.31 bits per heavy atom. The number of ether oxygens (including phenoxy) is 2. The predicted octanol–water partition coefficient (Wildman–Crippen LogP) is 2.03. The second kappa shape index (κ2) is 12.9. The average molecular weight is 617 g/mol. The van der Waals surface area contributed by atoms with Gasteiger partial charge in [-0.05, 0) is 40.8 Å². The number of pyridine rings is 1. The summed E-state index contributed by atoms with van der Waals surface area (Å²) in [4.78, 5) is 44.6. The maximum absolute atomic E-state index is 12.4. The fourth-order valence-corrected chi connectivity index (χ4v) is 4.33. The molecule has 1 aromatic carbocycles. The molecule has 0 saturated carbocycles. The van der Waals surface area contributed by atoms with Crippen LogP contribution < -0.4 is 24.6 Å². The van der Waals surface area contributed by atoms with Crippen molar-refractivity contribution in [3.05, 3.63) is 64.5 Å². The Kier molecular flexibility index (Phi) is 9.53. The molecule has 0 aliphatic carbocycles. The molecule has 0 unspecified atom stereocenters.